The maximum Gasteiger partial charge on any atom is 0.336 e. The van der Waals surface area contributed by atoms with Gasteiger partial charge in [0.2, 0.25) is 0 Å². The molecule has 80 valence electrons. The molecule has 0 amide bonds. The van der Waals surface area contributed by atoms with Gasteiger partial charge in [0, 0.05) is 10.4 Å². The largest absolute Gasteiger partial charge is 0.759 e. The summed E-state index contributed by atoms with van der Waals surface area (Å²) in [4.78, 5) is 0. The molecule has 11 heteroatoms. The van der Waals surface area contributed by atoms with Gasteiger partial charge in [-0.05, 0) is 0 Å². The van der Waals surface area contributed by atoms with E-state index in [-0.39, 0.29) is 11.9 Å². The van der Waals surface area contributed by atoms with Gasteiger partial charge >= 0.3 is 11.9 Å². The molecular formula is C2H12N6O4S. The second kappa shape index (κ2) is 8.51. The van der Waals surface area contributed by atoms with Gasteiger partial charge in [0.25, 0.3) is 0 Å². The Morgan fingerprint density at radius 2 is 0.923 bits per heavy atom. The number of hydrogen-bond acceptors (Lipinski definition) is 4. The fourth-order valence-corrected chi connectivity index (χ4v) is 0. The van der Waals surface area contributed by atoms with E-state index in [0.29, 0.717) is 0 Å². The lowest BCUT2D eigenvalue weighted by molar-refractivity contribution is -0.117. The molecule has 0 heterocycles. The first kappa shape index (κ1) is 17.5. The van der Waals surface area contributed by atoms with Gasteiger partial charge in [-0.25, -0.2) is 0 Å². The fourth-order valence-electron chi connectivity index (χ4n) is 0. The van der Waals surface area contributed by atoms with Crippen LogP contribution in [0, 0.1) is 0 Å². The zero-order valence-electron chi connectivity index (χ0n) is 6.51. The zero-order chi connectivity index (χ0) is 11.7. The molecule has 0 aromatic carbocycles. The monoisotopic (exact) mass is 216 g/mol. The van der Waals surface area contributed by atoms with Crippen LogP contribution in [0.2, 0.25) is 0 Å². The standard InChI is InChI=1S/2CH5N3.H2O4S/c2*2-1(3)4;1-5(2,3)4/h2*(H5,2,3,4);(H2,1,2,3,4). The van der Waals surface area contributed by atoms with E-state index in [9.17, 15) is 0 Å². The average Bonchev–Trinajstić information content (AvgIpc) is 1.50. The zero-order valence-corrected chi connectivity index (χ0v) is 7.32. The van der Waals surface area contributed by atoms with Crippen molar-refractivity contribution in [3.05, 3.63) is 0 Å². The molecule has 0 saturated carbocycles. The van der Waals surface area contributed by atoms with Gasteiger partial charge < -0.3 is 9.11 Å². The summed E-state index contributed by atoms with van der Waals surface area (Å²) in [5, 5.41) is 9.17. The molecule has 10 nitrogen and oxygen atoms in total. The molecule has 0 aliphatic heterocycles. The van der Waals surface area contributed by atoms with E-state index in [4.69, 9.17) is 17.5 Å². The Labute approximate surface area is 74.5 Å². The summed E-state index contributed by atoms with van der Waals surface area (Å²) in [6.07, 6.45) is 0. The molecular weight excluding hydrogens is 204 g/mol. The van der Waals surface area contributed by atoms with Gasteiger partial charge in [0.05, 0.1) is 0 Å². The minimum absolute atomic E-state index is 0.0833. The molecule has 0 aromatic rings. The number of nitrogens with two attached hydrogens (primary N) is 6. The van der Waals surface area contributed by atoms with Gasteiger partial charge in [0.1, 0.15) is 0 Å². The number of guanidine groups is 2. The predicted molar refractivity (Wildman–Crippen MR) is 41.1 cm³/mol. The third-order valence-electron chi connectivity index (χ3n) is 0. The van der Waals surface area contributed by atoms with Crippen LogP contribution in [0.4, 0.5) is 0 Å². The summed E-state index contributed by atoms with van der Waals surface area (Å²) < 4.78 is 34.1. The second-order valence-corrected chi connectivity index (χ2v) is 2.22. The van der Waals surface area contributed by atoms with E-state index in [2.05, 4.69) is 33.8 Å². The molecule has 0 fully saturated rings. The van der Waals surface area contributed by atoms with E-state index < -0.39 is 10.4 Å². The lowest BCUT2D eigenvalue weighted by atomic mass is 11.1. The Hall–Kier alpha value is -1.59. The van der Waals surface area contributed by atoms with Crippen LogP contribution in [-0.4, -0.2) is 29.4 Å². The SMILES string of the molecule is NC(N)=[NH2+].NC(N)=[NH2+].O=S(=O)([O-])[O-]. The Morgan fingerprint density at radius 3 is 0.923 bits per heavy atom. The van der Waals surface area contributed by atoms with Crippen molar-refractivity contribution < 1.29 is 28.3 Å². The van der Waals surface area contributed by atoms with Crippen molar-refractivity contribution in [2.45, 2.75) is 0 Å². The summed E-state index contributed by atoms with van der Waals surface area (Å²) in [6.45, 7) is 0. The highest BCUT2D eigenvalue weighted by atomic mass is 32.3. The van der Waals surface area contributed by atoms with Crippen LogP contribution in [0.5, 0.6) is 0 Å². The minimum Gasteiger partial charge on any atom is -0.759 e. The van der Waals surface area contributed by atoms with Crippen LogP contribution >= 0.6 is 0 Å². The lowest BCUT2D eigenvalue weighted by Gasteiger charge is -2.06. The van der Waals surface area contributed by atoms with Gasteiger partial charge in [-0.15, -0.1) is 0 Å². The lowest BCUT2D eigenvalue weighted by Crippen LogP contribution is -2.51. The molecule has 12 N–H and O–H groups in total. The van der Waals surface area contributed by atoms with Crippen LogP contribution in [-0.2, 0) is 10.4 Å². The first-order valence-electron chi connectivity index (χ1n) is 2.40. The molecule has 13 heavy (non-hydrogen) atoms. The van der Waals surface area contributed by atoms with Crippen LogP contribution < -0.4 is 33.8 Å². The molecule has 0 radical (unpaired) electrons. The highest BCUT2D eigenvalue weighted by Crippen LogP contribution is 1.57. The molecule has 0 rings (SSSR count). The van der Waals surface area contributed by atoms with Crippen LogP contribution in [0.1, 0.15) is 0 Å². The van der Waals surface area contributed by atoms with E-state index in [0.717, 1.165) is 0 Å². The molecule has 0 aromatic heterocycles. The van der Waals surface area contributed by atoms with Gasteiger partial charge in [-0.3, -0.25) is 42.2 Å². The average molecular weight is 216 g/mol. The number of hydrogen-bond donors (Lipinski definition) is 6. The molecule has 0 atom stereocenters. The van der Waals surface area contributed by atoms with Crippen molar-refractivity contribution in [1.82, 2.24) is 0 Å². The van der Waals surface area contributed by atoms with Crippen molar-refractivity contribution >= 4 is 22.3 Å². The summed E-state index contributed by atoms with van der Waals surface area (Å²) in [7, 11) is -5.17. The van der Waals surface area contributed by atoms with Crippen molar-refractivity contribution in [2.75, 3.05) is 0 Å². The summed E-state index contributed by atoms with van der Waals surface area (Å²) in [5.74, 6) is -0.167. The molecule has 0 bridgehead atoms. The Morgan fingerprint density at radius 1 is 0.923 bits per heavy atom. The maximum atomic E-state index is 8.52. The van der Waals surface area contributed by atoms with E-state index in [1.54, 1.807) is 0 Å². The smallest absolute Gasteiger partial charge is 0.336 e. The first-order valence-corrected chi connectivity index (χ1v) is 3.73. The molecule has 0 spiro atoms. The highest BCUT2D eigenvalue weighted by Gasteiger charge is 1.64. The third kappa shape index (κ3) is 291. The summed E-state index contributed by atoms with van der Waals surface area (Å²) in [5.41, 5.74) is 18.3. The van der Waals surface area contributed by atoms with Crippen LogP contribution in [0.15, 0.2) is 0 Å². The summed E-state index contributed by atoms with van der Waals surface area (Å²) in [6, 6.07) is 0. The quantitative estimate of drug-likeness (QED) is 0.0980. The van der Waals surface area contributed by atoms with E-state index >= 15 is 0 Å². The number of rotatable bonds is 0. The molecule has 0 aliphatic carbocycles. The fraction of sp³-hybridized carbons (Fsp3) is 0. The van der Waals surface area contributed by atoms with Gasteiger partial charge in [-0.2, -0.15) is 0 Å². The highest BCUT2D eigenvalue weighted by molar-refractivity contribution is 7.79. The second-order valence-electron chi connectivity index (χ2n) is 1.41. The summed E-state index contributed by atoms with van der Waals surface area (Å²) >= 11 is 0. The first-order chi connectivity index (χ1) is 5.46. The van der Waals surface area contributed by atoms with Crippen molar-refractivity contribution in [3.8, 4) is 0 Å². The minimum atomic E-state index is -5.17. The Balaban J connectivity index is -0.000000117. The van der Waals surface area contributed by atoms with Crippen molar-refractivity contribution in [1.29, 1.82) is 0 Å². The predicted octanol–water partition coefficient (Wildman–Crippen LogP) is -7.30. The third-order valence-corrected chi connectivity index (χ3v) is 0. The topological polar surface area (TPSA) is 236 Å². The Kier molecular flexibility index (Phi) is 11.4. The van der Waals surface area contributed by atoms with Crippen LogP contribution in [0.25, 0.3) is 0 Å². The molecule has 0 aliphatic rings. The van der Waals surface area contributed by atoms with Gasteiger partial charge in [0.15, 0.2) is 0 Å². The van der Waals surface area contributed by atoms with Crippen molar-refractivity contribution in [3.63, 3.8) is 0 Å². The van der Waals surface area contributed by atoms with Crippen LogP contribution in [0.3, 0.4) is 0 Å². The molecule has 0 unspecified atom stereocenters. The normalized spacial score (nSPS) is 8.15. The Bertz CT molecular complexity index is 217. The molecule has 0 saturated heterocycles. The van der Waals surface area contributed by atoms with Gasteiger partial charge in [-0.1, -0.05) is 0 Å². The maximum absolute atomic E-state index is 8.52. The van der Waals surface area contributed by atoms with E-state index in [1.807, 2.05) is 0 Å². The van der Waals surface area contributed by atoms with E-state index in [1.165, 1.54) is 0 Å². The van der Waals surface area contributed by atoms with Crippen molar-refractivity contribution in [2.24, 2.45) is 22.9 Å².